The van der Waals surface area contributed by atoms with Crippen LogP contribution in [0.5, 0.6) is 0 Å². The maximum Gasteiger partial charge on any atom is 0.286 e. The van der Waals surface area contributed by atoms with Gasteiger partial charge in [-0.2, -0.15) is 4.31 Å². The van der Waals surface area contributed by atoms with E-state index in [0.717, 1.165) is 0 Å². The van der Waals surface area contributed by atoms with E-state index in [1.807, 2.05) is 13.8 Å². The second-order valence-corrected chi connectivity index (χ2v) is 8.53. The van der Waals surface area contributed by atoms with E-state index < -0.39 is 21.8 Å². The van der Waals surface area contributed by atoms with Gasteiger partial charge < -0.3 is 9.72 Å². The van der Waals surface area contributed by atoms with Gasteiger partial charge in [0.2, 0.25) is 10.0 Å². The minimum Gasteiger partial charge on any atom is -0.373 e. The van der Waals surface area contributed by atoms with E-state index in [9.17, 15) is 18.0 Å². The zero-order valence-electron chi connectivity index (χ0n) is 15.5. The number of amides is 2. The molecule has 3 rings (SSSR count). The highest BCUT2D eigenvalue weighted by atomic mass is 32.2. The van der Waals surface area contributed by atoms with Crippen molar-refractivity contribution in [2.24, 2.45) is 0 Å². The molecule has 0 spiro atoms. The number of aromatic amines is 1. The number of carbonyl (C=O) groups excluding carboxylic acids is 2. The van der Waals surface area contributed by atoms with Gasteiger partial charge in [-0.3, -0.25) is 20.4 Å². The van der Waals surface area contributed by atoms with Crippen LogP contribution < -0.4 is 10.9 Å². The molecule has 1 aliphatic heterocycles. The third-order valence-corrected chi connectivity index (χ3v) is 6.12. The number of aromatic nitrogens is 1. The Morgan fingerprint density at radius 1 is 1.04 bits per heavy atom. The Morgan fingerprint density at radius 3 is 2.21 bits per heavy atom. The van der Waals surface area contributed by atoms with Crippen molar-refractivity contribution in [3.63, 3.8) is 0 Å². The quantitative estimate of drug-likeness (QED) is 0.651. The number of benzene rings is 1. The van der Waals surface area contributed by atoms with Crippen molar-refractivity contribution >= 4 is 21.8 Å². The van der Waals surface area contributed by atoms with Crippen molar-refractivity contribution < 1.29 is 22.7 Å². The molecule has 3 N–H and O–H groups in total. The highest BCUT2D eigenvalue weighted by molar-refractivity contribution is 7.89. The van der Waals surface area contributed by atoms with Gasteiger partial charge >= 0.3 is 0 Å². The second-order valence-electron chi connectivity index (χ2n) is 6.60. The first-order valence-electron chi connectivity index (χ1n) is 8.77. The van der Waals surface area contributed by atoms with Crippen LogP contribution in [0.4, 0.5) is 0 Å². The first-order chi connectivity index (χ1) is 13.3. The molecule has 0 unspecified atom stereocenters. The Kier molecular flexibility index (Phi) is 5.82. The van der Waals surface area contributed by atoms with Crippen LogP contribution in [0.1, 0.15) is 34.7 Å². The van der Waals surface area contributed by atoms with E-state index in [1.165, 1.54) is 28.6 Å². The first kappa shape index (κ1) is 20.1. The Balaban J connectivity index is 1.65. The molecule has 0 saturated carbocycles. The number of rotatable bonds is 4. The van der Waals surface area contributed by atoms with E-state index in [4.69, 9.17) is 4.74 Å². The molecule has 10 heteroatoms. The van der Waals surface area contributed by atoms with Gasteiger partial charge in [-0.15, -0.1) is 0 Å². The summed E-state index contributed by atoms with van der Waals surface area (Å²) in [5.74, 6) is -1.05. The number of ether oxygens (including phenoxy) is 1. The van der Waals surface area contributed by atoms with Crippen LogP contribution in [0.15, 0.2) is 47.5 Å². The van der Waals surface area contributed by atoms with Crippen LogP contribution >= 0.6 is 0 Å². The molecule has 150 valence electrons. The molecule has 2 heterocycles. The number of carbonyl (C=O) groups is 2. The van der Waals surface area contributed by atoms with E-state index in [-0.39, 0.29) is 35.8 Å². The van der Waals surface area contributed by atoms with Gasteiger partial charge in [-0.25, -0.2) is 8.42 Å². The van der Waals surface area contributed by atoms with Gasteiger partial charge in [0.1, 0.15) is 5.69 Å². The van der Waals surface area contributed by atoms with Crippen LogP contribution in [-0.4, -0.2) is 54.8 Å². The maximum atomic E-state index is 12.8. The standard InChI is InChI=1S/C18H22N4O5S/c1-12-10-22(11-13(2)27-12)28(25,26)15-7-5-14(6-8-15)17(23)20-21-18(24)16-4-3-9-19-16/h3-9,12-13,19H,10-11H2,1-2H3,(H,20,23)(H,21,24)/t12-,13+. The summed E-state index contributed by atoms with van der Waals surface area (Å²) >= 11 is 0. The molecule has 1 aromatic heterocycles. The third kappa shape index (κ3) is 4.41. The predicted octanol–water partition coefficient (Wildman–Crippen LogP) is 0.887. The van der Waals surface area contributed by atoms with Crippen LogP contribution in [-0.2, 0) is 14.8 Å². The topological polar surface area (TPSA) is 121 Å². The molecule has 2 aromatic rings. The normalized spacial score (nSPS) is 20.5. The summed E-state index contributed by atoms with van der Waals surface area (Å²) in [6, 6.07) is 8.77. The molecule has 1 saturated heterocycles. The molecule has 0 aliphatic carbocycles. The summed E-state index contributed by atoms with van der Waals surface area (Å²) in [7, 11) is -3.68. The molecule has 0 radical (unpaired) electrons. The lowest BCUT2D eigenvalue weighted by molar-refractivity contribution is -0.0440. The van der Waals surface area contributed by atoms with Crippen molar-refractivity contribution in [2.75, 3.05) is 13.1 Å². The molecular weight excluding hydrogens is 384 g/mol. The van der Waals surface area contributed by atoms with E-state index in [0.29, 0.717) is 5.69 Å². The largest absolute Gasteiger partial charge is 0.373 e. The van der Waals surface area contributed by atoms with E-state index >= 15 is 0 Å². The first-order valence-corrected chi connectivity index (χ1v) is 10.2. The van der Waals surface area contributed by atoms with Crippen LogP contribution in [0, 0.1) is 0 Å². The summed E-state index contributed by atoms with van der Waals surface area (Å²) in [6.45, 7) is 4.21. The lowest BCUT2D eigenvalue weighted by atomic mass is 10.2. The summed E-state index contributed by atoms with van der Waals surface area (Å²) < 4.78 is 32.6. The van der Waals surface area contributed by atoms with Gasteiger partial charge in [0.25, 0.3) is 11.8 Å². The SMILES string of the molecule is C[C@@H]1CN(S(=O)(=O)c2ccc(C(=O)NNC(=O)c3ccc[nH]3)cc2)C[C@H](C)O1. The molecule has 1 aliphatic rings. The molecule has 1 aromatic carbocycles. The maximum absolute atomic E-state index is 12.8. The number of nitrogens with one attached hydrogen (secondary N) is 3. The number of hydrazine groups is 1. The minimum atomic E-state index is -3.68. The smallest absolute Gasteiger partial charge is 0.286 e. The van der Waals surface area contributed by atoms with Crippen molar-refractivity contribution in [3.05, 3.63) is 53.9 Å². The minimum absolute atomic E-state index is 0.0979. The number of nitrogens with zero attached hydrogens (tertiary/aromatic N) is 1. The zero-order valence-corrected chi connectivity index (χ0v) is 16.3. The number of sulfonamides is 1. The van der Waals surface area contributed by atoms with Gasteiger partial charge in [0.15, 0.2) is 0 Å². The van der Waals surface area contributed by atoms with Gasteiger partial charge in [0, 0.05) is 24.8 Å². The lowest BCUT2D eigenvalue weighted by Crippen LogP contribution is -2.48. The highest BCUT2D eigenvalue weighted by Crippen LogP contribution is 2.21. The number of morpholine rings is 1. The van der Waals surface area contributed by atoms with Crippen molar-refractivity contribution in [1.82, 2.24) is 20.1 Å². The fourth-order valence-corrected chi connectivity index (χ4v) is 4.57. The van der Waals surface area contributed by atoms with Crippen LogP contribution in [0.2, 0.25) is 0 Å². The predicted molar refractivity (Wildman–Crippen MR) is 101 cm³/mol. The van der Waals surface area contributed by atoms with E-state index in [1.54, 1.807) is 18.3 Å². The summed E-state index contributed by atoms with van der Waals surface area (Å²) in [5.41, 5.74) is 5.08. The molecular formula is C18H22N4O5S. The van der Waals surface area contributed by atoms with E-state index in [2.05, 4.69) is 15.8 Å². The molecule has 2 amide bonds. The molecule has 0 bridgehead atoms. The van der Waals surface area contributed by atoms with Gasteiger partial charge in [-0.1, -0.05) is 0 Å². The number of hydrogen-bond acceptors (Lipinski definition) is 5. The Hall–Kier alpha value is -2.69. The fraction of sp³-hybridized carbons (Fsp3) is 0.333. The Bertz CT molecular complexity index is 931. The molecule has 2 atom stereocenters. The summed E-state index contributed by atoms with van der Waals surface area (Å²) in [4.78, 5) is 26.8. The molecule has 1 fully saturated rings. The lowest BCUT2D eigenvalue weighted by Gasteiger charge is -2.34. The van der Waals surface area contributed by atoms with Crippen LogP contribution in [0.3, 0.4) is 0 Å². The highest BCUT2D eigenvalue weighted by Gasteiger charge is 2.32. The number of H-pyrrole nitrogens is 1. The Morgan fingerprint density at radius 2 is 1.64 bits per heavy atom. The monoisotopic (exact) mass is 406 g/mol. The summed E-state index contributed by atoms with van der Waals surface area (Å²) in [6.07, 6.45) is 1.21. The van der Waals surface area contributed by atoms with Gasteiger partial charge in [0.05, 0.1) is 17.1 Å². The molecule has 28 heavy (non-hydrogen) atoms. The molecule has 9 nitrogen and oxygen atoms in total. The fourth-order valence-electron chi connectivity index (χ4n) is 2.98. The Labute approximate surface area is 163 Å². The van der Waals surface area contributed by atoms with Crippen molar-refractivity contribution in [3.8, 4) is 0 Å². The second kappa shape index (κ2) is 8.13. The van der Waals surface area contributed by atoms with Gasteiger partial charge in [-0.05, 0) is 50.2 Å². The average Bonchev–Trinajstić information content (AvgIpc) is 3.20. The third-order valence-electron chi connectivity index (χ3n) is 4.27. The number of hydrogen-bond donors (Lipinski definition) is 3. The average molecular weight is 406 g/mol. The summed E-state index contributed by atoms with van der Waals surface area (Å²) in [5, 5.41) is 0. The zero-order chi connectivity index (χ0) is 20.3. The van der Waals surface area contributed by atoms with Crippen molar-refractivity contribution in [2.45, 2.75) is 31.0 Å². The van der Waals surface area contributed by atoms with Crippen molar-refractivity contribution in [1.29, 1.82) is 0 Å². The van der Waals surface area contributed by atoms with Crippen LogP contribution in [0.25, 0.3) is 0 Å².